The van der Waals surface area contributed by atoms with Crippen LogP contribution in [0.25, 0.3) is 0 Å². The molecule has 1 fully saturated rings. The molecule has 0 spiro atoms. The monoisotopic (exact) mass is 835 g/mol. The number of likely N-dealkylation sites (tertiary alicyclic amines) is 1. The van der Waals surface area contributed by atoms with E-state index in [1.165, 1.54) is 11.8 Å². The molecule has 1 aliphatic heterocycles. The van der Waals surface area contributed by atoms with E-state index in [0.717, 1.165) is 0 Å². The van der Waals surface area contributed by atoms with E-state index in [0.29, 0.717) is 24.8 Å². The fourth-order valence-electron chi connectivity index (χ4n) is 6.26. The molecule has 8 atom stereocenters. The highest BCUT2D eigenvalue weighted by molar-refractivity contribution is 5.97. The molecule has 0 radical (unpaired) electrons. The van der Waals surface area contributed by atoms with Crippen molar-refractivity contribution >= 4 is 47.3 Å². The van der Waals surface area contributed by atoms with Gasteiger partial charge in [0.2, 0.25) is 41.4 Å². The van der Waals surface area contributed by atoms with Crippen molar-refractivity contribution in [2.45, 2.75) is 114 Å². The van der Waals surface area contributed by atoms with Gasteiger partial charge in [-0.1, -0.05) is 44.2 Å². The van der Waals surface area contributed by atoms with Gasteiger partial charge in [0.05, 0.1) is 25.9 Å². The lowest BCUT2D eigenvalue weighted by Gasteiger charge is -2.28. The highest BCUT2D eigenvalue weighted by Gasteiger charge is 2.37. The van der Waals surface area contributed by atoms with E-state index in [1.807, 2.05) is 0 Å². The summed E-state index contributed by atoms with van der Waals surface area (Å²) in [6.07, 6.45) is 0.118. The molecule has 21 heteroatoms. The van der Waals surface area contributed by atoms with Gasteiger partial charge in [-0.15, -0.1) is 0 Å². The van der Waals surface area contributed by atoms with Crippen molar-refractivity contribution in [1.29, 1.82) is 0 Å². The number of hydrogen-bond donors (Lipinski definition) is 12. The topological polar surface area (TPSA) is 345 Å². The third-order valence-corrected chi connectivity index (χ3v) is 9.52. The summed E-state index contributed by atoms with van der Waals surface area (Å²) in [4.78, 5) is 105. The van der Waals surface area contributed by atoms with Crippen LogP contribution in [0, 0.1) is 5.92 Å². The zero-order chi connectivity index (χ0) is 44.2. The second kappa shape index (κ2) is 25.3. The predicted octanol–water partition coefficient (Wildman–Crippen LogP) is -4.29. The molecule has 0 saturated carbocycles. The van der Waals surface area contributed by atoms with Crippen LogP contribution in [-0.4, -0.2) is 154 Å². The summed E-state index contributed by atoms with van der Waals surface area (Å²) in [6, 6.07) is -0.583. The van der Waals surface area contributed by atoms with Crippen LogP contribution in [0.4, 0.5) is 0 Å². The smallest absolute Gasteiger partial charge is 0.328 e. The Hall–Kier alpha value is -5.22. The minimum absolute atomic E-state index is 0.0102. The Morgan fingerprint density at radius 1 is 0.780 bits per heavy atom. The quantitative estimate of drug-likeness (QED) is 0.0415. The number of nitrogens with one attached hydrogen (secondary N) is 6. The number of nitrogens with zero attached hydrogens (tertiary/aromatic N) is 1. The Morgan fingerprint density at radius 3 is 1.98 bits per heavy atom. The molecular weight excluding hydrogens is 774 g/mol. The van der Waals surface area contributed by atoms with Gasteiger partial charge < -0.3 is 68.7 Å². The van der Waals surface area contributed by atoms with Crippen LogP contribution in [0.1, 0.15) is 64.9 Å². The summed E-state index contributed by atoms with van der Waals surface area (Å²) in [6.45, 7) is 3.11. The molecule has 7 amide bonds. The van der Waals surface area contributed by atoms with Crippen LogP contribution >= 0.6 is 0 Å². The number of benzene rings is 1. The zero-order valence-corrected chi connectivity index (χ0v) is 33.7. The number of aliphatic hydroxyl groups excluding tert-OH is 3. The second-order valence-corrected chi connectivity index (χ2v) is 14.8. The summed E-state index contributed by atoms with van der Waals surface area (Å²) < 4.78 is 0. The molecule has 59 heavy (non-hydrogen) atoms. The molecule has 1 aliphatic rings. The number of carboxylic acids is 1. The Bertz CT molecular complexity index is 1580. The highest BCUT2D eigenvalue weighted by atomic mass is 16.4. The van der Waals surface area contributed by atoms with Gasteiger partial charge in [0.15, 0.2) is 0 Å². The van der Waals surface area contributed by atoms with Gasteiger partial charge in [-0.2, -0.15) is 0 Å². The van der Waals surface area contributed by atoms with Gasteiger partial charge in [0, 0.05) is 13.0 Å². The summed E-state index contributed by atoms with van der Waals surface area (Å²) in [5.41, 5.74) is 12.0. The predicted molar refractivity (Wildman–Crippen MR) is 211 cm³/mol. The van der Waals surface area contributed by atoms with E-state index in [1.54, 1.807) is 44.2 Å². The Balaban J connectivity index is 2.20. The molecule has 21 nitrogen and oxygen atoms in total. The molecule has 1 heterocycles. The van der Waals surface area contributed by atoms with Crippen LogP contribution in [-0.2, 0) is 44.8 Å². The minimum atomic E-state index is -1.62. The summed E-state index contributed by atoms with van der Waals surface area (Å²) in [5, 5.41) is 53.2. The number of aliphatic carboxylic acids is 1. The molecule has 0 unspecified atom stereocenters. The van der Waals surface area contributed by atoms with E-state index >= 15 is 0 Å². The molecule has 1 saturated heterocycles. The first kappa shape index (κ1) is 49.9. The molecule has 0 aromatic heterocycles. The van der Waals surface area contributed by atoms with Crippen LogP contribution in [0.2, 0.25) is 0 Å². The average molecular weight is 836 g/mol. The van der Waals surface area contributed by atoms with Crippen LogP contribution in [0.5, 0.6) is 0 Å². The average Bonchev–Trinajstić information content (AvgIpc) is 3.70. The number of nitrogens with two attached hydrogens (primary N) is 2. The van der Waals surface area contributed by atoms with Crippen molar-refractivity contribution in [3.8, 4) is 0 Å². The van der Waals surface area contributed by atoms with Crippen molar-refractivity contribution in [2.24, 2.45) is 17.4 Å². The van der Waals surface area contributed by atoms with Gasteiger partial charge in [-0.25, -0.2) is 4.79 Å². The number of unbranched alkanes of at least 4 members (excludes halogenated alkanes) is 1. The summed E-state index contributed by atoms with van der Waals surface area (Å²) >= 11 is 0. The van der Waals surface area contributed by atoms with Crippen LogP contribution in [0.15, 0.2) is 30.3 Å². The third kappa shape index (κ3) is 16.5. The summed E-state index contributed by atoms with van der Waals surface area (Å²) in [7, 11) is 0. The van der Waals surface area contributed by atoms with Gasteiger partial charge >= 0.3 is 5.97 Å². The van der Waals surface area contributed by atoms with Gasteiger partial charge in [-0.3, -0.25) is 33.6 Å². The molecule has 1 aromatic carbocycles. The largest absolute Gasteiger partial charge is 0.480 e. The molecule has 330 valence electrons. The molecule has 2 rings (SSSR count). The SMILES string of the molecule is CC(C)C[C@H](NC(=O)[C@H](Cc1ccccc1)NC(=O)[C@@H](N)CO)C(=O)N[C@H](C(=O)N[C@@H](CCCCN)C(=O)NCC(=O)N1CCC[C@H]1C(=O)N[C@@H](CO)C(=O)O)[C@@H](C)O. The van der Waals surface area contributed by atoms with Gasteiger partial charge in [-0.05, 0) is 63.5 Å². The fourth-order valence-corrected chi connectivity index (χ4v) is 6.26. The van der Waals surface area contributed by atoms with Crippen molar-refractivity contribution in [3.05, 3.63) is 35.9 Å². The zero-order valence-electron chi connectivity index (χ0n) is 33.7. The lowest BCUT2D eigenvalue weighted by Crippen LogP contribution is -2.61. The Morgan fingerprint density at radius 2 is 1.41 bits per heavy atom. The number of hydrogen-bond acceptors (Lipinski definition) is 13. The Labute approximate surface area is 342 Å². The van der Waals surface area contributed by atoms with E-state index in [4.69, 9.17) is 16.6 Å². The number of aliphatic hydroxyl groups is 3. The number of carboxylic acid groups (broad SMARTS) is 1. The first-order valence-electron chi connectivity index (χ1n) is 19.6. The first-order chi connectivity index (χ1) is 27.9. The number of rotatable bonds is 25. The van der Waals surface area contributed by atoms with Gasteiger partial charge in [0.1, 0.15) is 42.3 Å². The molecule has 1 aromatic rings. The standard InChI is InChI=1S/C38H61N9O12/c1-21(2)16-26(44-34(54)27(43-32(52)24(40)19-48)17-23-10-5-4-6-11-23)35(55)46-31(22(3)50)37(57)42-25(12-7-8-14-39)33(53)41-18-30(51)47-15-9-13-29(47)36(56)45-28(20-49)38(58)59/h4-6,10-11,21-22,24-29,31,48-50H,7-9,12-20,39-40H2,1-3H3,(H,41,53)(H,42,57)(H,43,52)(H,44,54)(H,45,56)(H,46,55)(H,58,59)/t22-,24+,25+,26+,27+,28+,29+,31+/m1/s1. The Kier molecular flexibility index (Phi) is 21.4. The third-order valence-electron chi connectivity index (χ3n) is 9.52. The van der Waals surface area contributed by atoms with Gasteiger partial charge in [0.25, 0.3) is 0 Å². The van der Waals surface area contributed by atoms with Crippen molar-refractivity contribution in [3.63, 3.8) is 0 Å². The normalized spacial score (nSPS) is 17.3. The van der Waals surface area contributed by atoms with E-state index in [-0.39, 0.29) is 44.7 Å². The molecule has 0 bridgehead atoms. The number of amides is 7. The van der Waals surface area contributed by atoms with Crippen LogP contribution < -0.4 is 43.4 Å². The van der Waals surface area contributed by atoms with Crippen molar-refractivity contribution in [2.75, 3.05) is 32.8 Å². The highest BCUT2D eigenvalue weighted by Crippen LogP contribution is 2.18. The maximum atomic E-state index is 13.7. The number of carbonyl (C=O) groups is 8. The lowest BCUT2D eigenvalue weighted by atomic mass is 10.00. The van der Waals surface area contributed by atoms with Crippen molar-refractivity contribution < 1.29 is 58.8 Å². The van der Waals surface area contributed by atoms with E-state index in [9.17, 15) is 53.7 Å². The van der Waals surface area contributed by atoms with E-state index in [2.05, 4.69) is 31.9 Å². The maximum absolute atomic E-state index is 13.7. The molecule has 0 aliphatic carbocycles. The fraction of sp³-hybridized carbons (Fsp3) is 0.632. The van der Waals surface area contributed by atoms with E-state index < -0.39 is 115 Å². The lowest BCUT2D eigenvalue weighted by molar-refractivity contribution is -0.145. The number of carbonyl (C=O) groups excluding carboxylic acids is 7. The van der Waals surface area contributed by atoms with Crippen molar-refractivity contribution in [1.82, 2.24) is 36.8 Å². The van der Waals surface area contributed by atoms with Crippen LogP contribution in [0.3, 0.4) is 0 Å². The first-order valence-corrected chi connectivity index (χ1v) is 19.6. The summed E-state index contributed by atoms with van der Waals surface area (Å²) in [5.74, 6) is -7.21. The second-order valence-electron chi connectivity index (χ2n) is 14.8. The maximum Gasteiger partial charge on any atom is 0.328 e. The minimum Gasteiger partial charge on any atom is -0.480 e. The molecular formula is C38H61N9O12. The molecule has 14 N–H and O–H groups in total.